The zero-order valence-corrected chi connectivity index (χ0v) is 26.0. The highest BCUT2D eigenvalue weighted by Gasteiger charge is 2.25. The first-order chi connectivity index (χ1) is 19.5. The van der Waals surface area contributed by atoms with Crippen LogP contribution in [0.15, 0.2) is 48.5 Å². The molecule has 2 saturated heterocycles. The molecule has 0 aliphatic carbocycles. The minimum atomic E-state index is -0.359. The van der Waals surface area contributed by atoms with Gasteiger partial charge in [-0.15, -0.1) is 35.6 Å². The van der Waals surface area contributed by atoms with Gasteiger partial charge in [0, 0.05) is 66.6 Å². The van der Waals surface area contributed by atoms with Crippen molar-refractivity contribution in [1.29, 1.82) is 0 Å². The SMILES string of the molecule is Cl.O=C(CCN1CCC(N2CCCCC2)CC1)Nc1cccc(NC(=O)Nc2ccc(N(CCCl)CCCl)cc2)c1. The lowest BCUT2D eigenvalue weighted by molar-refractivity contribution is -0.116. The number of anilines is 4. The molecule has 0 atom stereocenters. The molecule has 8 nitrogen and oxygen atoms in total. The minimum Gasteiger partial charge on any atom is -0.369 e. The van der Waals surface area contributed by atoms with E-state index in [9.17, 15) is 9.59 Å². The van der Waals surface area contributed by atoms with Crippen molar-refractivity contribution in [3.63, 3.8) is 0 Å². The molecule has 3 N–H and O–H groups in total. The molecule has 41 heavy (non-hydrogen) atoms. The predicted molar refractivity (Wildman–Crippen MR) is 175 cm³/mol. The first-order valence-corrected chi connectivity index (χ1v) is 15.5. The standard InChI is InChI=1S/C30H42Cl2N6O2.ClH/c31-14-21-38(22-15-32)27-9-7-24(8-10-27)34-30(40)35-26-6-4-5-25(23-26)33-29(39)13-20-36-18-11-28(12-19-36)37-16-2-1-3-17-37;/h4-10,23,28H,1-3,11-22H2,(H,33,39)(H2,34,35,40);1H. The van der Waals surface area contributed by atoms with Crippen LogP contribution >= 0.6 is 35.6 Å². The van der Waals surface area contributed by atoms with Gasteiger partial charge in [0.2, 0.25) is 5.91 Å². The van der Waals surface area contributed by atoms with E-state index in [0.717, 1.165) is 25.3 Å². The topological polar surface area (TPSA) is 80.0 Å². The third-order valence-electron chi connectivity index (χ3n) is 7.72. The van der Waals surface area contributed by atoms with Gasteiger partial charge in [-0.1, -0.05) is 12.5 Å². The molecule has 4 rings (SSSR count). The van der Waals surface area contributed by atoms with Crippen LogP contribution in [0.4, 0.5) is 27.5 Å². The van der Waals surface area contributed by atoms with E-state index in [0.29, 0.717) is 54.4 Å². The van der Waals surface area contributed by atoms with Gasteiger partial charge in [-0.25, -0.2) is 4.79 Å². The Morgan fingerprint density at radius 2 is 1.41 bits per heavy atom. The molecule has 0 saturated carbocycles. The Kier molecular flexibility index (Phi) is 14.3. The van der Waals surface area contributed by atoms with Crippen LogP contribution in [0.2, 0.25) is 0 Å². The Balaban J connectivity index is 0.00000462. The quantitative estimate of drug-likeness (QED) is 0.241. The monoisotopic (exact) mass is 624 g/mol. The van der Waals surface area contributed by atoms with E-state index < -0.39 is 0 Å². The molecule has 0 unspecified atom stereocenters. The third-order valence-corrected chi connectivity index (χ3v) is 8.06. The smallest absolute Gasteiger partial charge is 0.323 e. The molecule has 2 fully saturated rings. The first-order valence-electron chi connectivity index (χ1n) is 14.5. The highest BCUT2D eigenvalue weighted by molar-refractivity contribution is 6.18. The summed E-state index contributed by atoms with van der Waals surface area (Å²) in [7, 11) is 0. The Morgan fingerprint density at radius 3 is 2.05 bits per heavy atom. The number of nitrogens with zero attached hydrogens (tertiary/aromatic N) is 3. The Hall–Kier alpha value is -2.23. The first kappa shape index (κ1) is 33.3. The lowest BCUT2D eigenvalue weighted by Gasteiger charge is -2.40. The molecule has 2 aromatic rings. The van der Waals surface area contributed by atoms with E-state index in [1.807, 2.05) is 36.4 Å². The number of likely N-dealkylation sites (tertiary alicyclic amines) is 2. The van der Waals surface area contributed by atoms with Gasteiger partial charge in [0.25, 0.3) is 0 Å². The van der Waals surface area contributed by atoms with Gasteiger partial charge in [-0.05, 0) is 94.3 Å². The third kappa shape index (κ3) is 10.8. The normalized spacial score (nSPS) is 16.4. The van der Waals surface area contributed by atoms with Crippen molar-refractivity contribution < 1.29 is 9.59 Å². The number of rotatable bonds is 12. The van der Waals surface area contributed by atoms with Crippen molar-refractivity contribution in [1.82, 2.24) is 9.80 Å². The van der Waals surface area contributed by atoms with Crippen molar-refractivity contribution >= 4 is 70.3 Å². The van der Waals surface area contributed by atoms with Crippen LogP contribution in [0.1, 0.15) is 38.5 Å². The Bertz CT molecular complexity index is 1070. The second-order valence-electron chi connectivity index (χ2n) is 10.5. The van der Waals surface area contributed by atoms with Crippen LogP contribution in [0, 0.1) is 0 Å². The van der Waals surface area contributed by atoms with Crippen LogP contribution in [0.25, 0.3) is 0 Å². The molecule has 0 spiro atoms. The number of carbonyl (C=O) groups excluding carboxylic acids is 2. The number of hydrogen-bond donors (Lipinski definition) is 3. The number of alkyl halides is 2. The van der Waals surface area contributed by atoms with Gasteiger partial charge in [0.05, 0.1) is 0 Å². The molecule has 0 bridgehead atoms. The van der Waals surface area contributed by atoms with Gasteiger partial charge in [0.1, 0.15) is 0 Å². The van der Waals surface area contributed by atoms with Crippen LogP contribution in [-0.4, -0.2) is 85.4 Å². The molecule has 226 valence electrons. The summed E-state index contributed by atoms with van der Waals surface area (Å²) in [6.07, 6.45) is 6.89. The second kappa shape index (κ2) is 17.7. The fourth-order valence-corrected chi connectivity index (χ4v) is 5.98. The summed E-state index contributed by atoms with van der Waals surface area (Å²) in [6.45, 7) is 6.79. The summed E-state index contributed by atoms with van der Waals surface area (Å²) in [5.41, 5.74) is 2.93. The summed E-state index contributed by atoms with van der Waals surface area (Å²) < 4.78 is 0. The van der Waals surface area contributed by atoms with Crippen LogP contribution < -0.4 is 20.9 Å². The molecule has 3 amide bonds. The summed E-state index contributed by atoms with van der Waals surface area (Å²) in [6, 6.07) is 15.1. The molecular formula is C30H43Cl3N6O2. The minimum absolute atomic E-state index is 0. The molecule has 2 heterocycles. The maximum atomic E-state index is 12.6. The number of amides is 3. The number of nitrogens with one attached hydrogen (secondary N) is 3. The Morgan fingerprint density at radius 1 is 0.805 bits per heavy atom. The lowest BCUT2D eigenvalue weighted by Crippen LogP contribution is -2.47. The second-order valence-corrected chi connectivity index (χ2v) is 11.3. The molecule has 0 aromatic heterocycles. The number of piperidine rings is 2. The number of halogens is 3. The fourth-order valence-electron chi connectivity index (χ4n) is 5.57. The zero-order chi connectivity index (χ0) is 28.2. The largest absolute Gasteiger partial charge is 0.369 e. The van der Waals surface area contributed by atoms with E-state index in [1.165, 1.54) is 45.2 Å². The maximum absolute atomic E-state index is 12.6. The molecule has 0 radical (unpaired) electrons. The van der Waals surface area contributed by atoms with Crippen molar-refractivity contribution in [3.8, 4) is 0 Å². The molecule has 2 aliphatic heterocycles. The number of benzene rings is 2. The summed E-state index contributed by atoms with van der Waals surface area (Å²) in [5, 5.41) is 8.66. The lowest BCUT2D eigenvalue weighted by atomic mass is 10.00. The van der Waals surface area contributed by atoms with E-state index in [4.69, 9.17) is 23.2 Å². The van der Waals surface area contributed by atoms with Crippen LogP contribution in [-0.2, 0) is 4.79 Å². The van der Waals surface area contributed by atoms with E-state index in [2.05, 4.69) is 30.7 Å². The van der Waals surface area contributed by atoms with Crippen molar-refractivity contribution in [2.45, 2.75) is 44.6 Å². The summed E-state index contributed by atoms with van der Waals surface area (Å²) in [5.74, 6) is 1.00. The van der Waals surface area contributed by atoms with Crippen molar-refractivity contribution in [2.75, 3.05) is 78.4 Å². The zero-order valence-electron chi connectivity index (χ0n) is 23.6. The highest BCUT2D eigenvalue weighted by atomic mass is 35.5. The predicted octanol–water partition coefficient (Wildman–Crippen LogP) is 6.32. The molecule has 11 heteroatoms. The van der Waals surface area contributed by atoms with Gasteiger partial charge < -0.3 is 30.7 Å². The average Bonchev–Trinajstić information content (AvgIpc) is 2.97. The maximum Gasteiger partial charge on any atom is 0.323 e. The number of carbonyl (C=O) groups is 2. The Labute approximate surface area is 260 Å². The summed E-state index contributed by atoms with van der Waals surface area (Å²) in [4.78, 5) is 32.4. The van der Waals surface area contributed by atoms with Crippen LogP contribution in [0.3, 0.4) is 0 Å². The van der Waals surface area contributed by atoms with Crippen molar-refractivity contribution in [2.24, 2.45) is 0 Å². The fraction of sp³-hybridized carbons (Fsp3) is 0.533. The number of hydrogen-bond acceptors (Lipinski definition) is 5. The van der Waals surface area contributed by atoms with Gasteiger partial charge >= 0.3 is 6.03 Å². The summed E-state index contributed by atoms with van der Waals surface area (Å²) >= 11 is 11.8. The van der Waals surface area contributed by atoms with Crippen LogP contribution in [0.5, 0.6) is 0 Å². The number of urea groups is 1. The van der Waals surface area contributed by atoms with Gasteiger partial charge in [-0.2, -0.15) is 0 Å². The van der Waals surface area contributed by atoms with E-state index in [1.54, 1.807) is 12.1 Å². The molecule has 2 aliphatic rings. The van der Waals surface area contributed by atoms with E-state index in [-0.39, 0.29) is 24.3 Å². The van der Waals surface area contributed by atoms with Gasteiger partial charge in [0.15, 0.2) is 0 Å². The highest BCUT2D eigenvalue weighted by Crippen LogP contribution is 2.22. The van der Waals surface area contributed by atoms with E-state index >= 15 is 0 Å². The van der Waals surface area contributed by atoms with Crippen molar-refractivity contribution in [3.05, 3.63) is 48.5 Å². The average molecular weight is 626 g/mol. The van der Waals surface area contributed by atoms with Gasteiger partial charge in [-0.3, -0.25) is 4.79 Å². The molecular weight excluding hydrogens is 583 g/mol. The molecule has 2 aromatic carbocycles.